The van der Waals surface area contributed by atoms with Crippen molar-refractivity contribution in [1.82, 2.24) is 0 Å². The Bertz CT molecular complexity index is 100. The lowest BCUT2D eigenvalue weighted by Crippen LogP contribution is -2.35. The van der Waals surface area contributed by atoms with Crippen molar-refractivity contribution < 1.29 is 9.53 Å². The summed E-state index contributed by atoms with van der Waals surface area (Å²) in [6.07, 6.45) is -0.0484. The normalized spacial score (nSPS) is 8.88. The molecule has 4 N–H and O–H groups in total. The van der Waals surface area contributed by atoms with Crippen LogP contribution in [0.4, 0.5) is 0 Å². The van der Waals surface area contributed by atoms with E-state index in [0.29, 0.717) is 0 Å². The van der Waals surface area contributed by atoms with Crippen molar-refractivity contribution in [1.29, 1.82) is 0 Å². The lowest BCUT2D eigenvalue weighted by Gasteiger charge is -2.02. The molecule has 4 nitrogen and oxygen atoms in total. The molecule has 0 rings (SSSR count). The van der Waals surface area contributed by atoms with Crippen LogP contribution in [0.3, 0.4) is 0 Å². The van der Waals surface area contributed by atoms with Gasteiger partial charge in [0.25, 0.3) is 0 Å². The van der Waals surface area contributed by atoms with Crippen molar-refractivity contribution in [2.75, 3.05) is 0 Å². The third-order valence-corrected chi connectivity index (χ3v) is 0.419. The van der Waals surface area contributed by atoms with Crippen LogP contribution in [0.2, 0.25) is 0 Å². The van der Waals surface area contributed by atoms with E-state index in [-0.39, 0.29) is 0 Å². The highest BCUT2D eigenvalue weighted by Gasteiger charge is 1.96. The Balaban J connectivity index is 3.39. The number of hydrogen-bond acceptors (Lipinski definition) is 4. The molecule has 0 bridgehead atoms. The fraction of sp³-hybridized carbons (Fsp3) is 0.250. The molecule has 0 aromatic rings. The average molecular weight is 116 g/mol. The third kappa shape index (κ3) is 3.32. The summed E-state index contributed by atoms with van der Waals surface area (Å²) in [4.78, 5) is 10.1. The van der Waals surface area contributed by atoms with Gasteiger partial charge in [-0.3, -0.25) is 11.5 Å². The highest BCUT2D eigenvalue weighted by Crippen LogP contribution is 1.76. The van der Waals surface area contributed by atoms with Crippen molar-refractivity contribution in [3.8, 4) is 0 Å². The predicted molar refractivity (Wildman–Crippen MR) is 28.5 cm³/mol. The van der Waals surface area contributed by atoms with E-state index in [1.807, 2.05) is 0 Å². The summed E-state index contributed by atoms with van der Waals surface area (Å²) in [6.45, 7) is 3.13. The SMILES string of the molecule is C=CC(=O)OC(N)N. The van der Waals surface area contributed by atoms with Gasteiger partial charge in [-0.25, -0.2) is 4.79 Å². The number of carbonyl (C=O) groups excluding carboxylic acids is 1. The van der Waals surface area contributed by atoms with Crippen molar-refractivity contribution in [3.05, 3.63) is 12.7 Å². The molecule has 8 heavy (non-hydrogen) atoms. The van der Waals surface area contributed by atoms with Gasteiger partial charge in [0.15, 0.2) is 0 Å². The minimum atomic E-state index is -1.04. The van der Waals surface area contributed by atoms with Crippen molar-refractivity contribution in [2.24, 2.45) is 11.5 Å². The fourth-order valence-electron chi connectivity index (χ4n) is 0.182. The molecule has 0 fully saturated rings. The largest absolute Gasteiger partial charge is 0.430 e. The lowest BCUT2D eigenvalue weighted by atomic mass is 10.7. The van der Waals surface area contributed by atoms with Crippen LogP contribution in [-0.2, 0) is 9.53 Å². The van der Waals surface area contributed by atoms with Crippen LogP contribution in [-0.4, -0.2) is 12.3 Å². The lowest BCUT2D eigenvalue weighted by molar-refractivity contribution is -0.142. The molecule has 0 spiro atoms. The van der Waals surface area contributed by atoms with E-state index < -0.39 is 12.3 Å². The van der Waals surface area contributed by atoms with E-state index in [4.69, 9.17) is 11.5 Å². The monoisotopic (exact) mass is 116 g/mol. The Morgan fingerprint density at radius 3 is 2.38 bits per heavy atom. The fourth-order valence-corrected chi connectivity index (χ4v) is 0.182. The first kappa shape index (κ1) is 7.13. The summed E-state index contributed by atoms with van der Waals surface area (Å²) in [5, 5.41) is 0. The predicted octanol–water partition coefficient (Wildman–Crippen LogP) is -1.08. The van der Waals surface area contributed by atoms with Gasteiger partial charge in [-0.1, -0.05) is 6.58 Å². The maximum Gasteiger partial charge on any atom is 0.332 e. The number of carbonyl (C=O) groups is 1. The van der Waals surface area contributed by atoms with Crippen LogP contribution < -0.4 is 11.5 Å². The summed E-state index contributed by atoms with van der Waals surface area (Å²) >= 11 is 0. The second-order valence-electron chi connectivity index (χ2n) is 1.11. The molecule has 0 aliphatic heterocycles. The van der Waals surface area contributed by atoms with E-state index in [2.05, 4.69) is 11.3 Å². The zero-order chi connectivity index (χ0) is 6.57. The van der Waals surface area contributed by atoms with E-state index in [1.54, 1.807) is 0 Å². The molecule has 46 valence electrons. The molecule has 0 unspecified atom stereocenters. The maximum absolute atomic E-state index is 10.1. The van der Waals surface area contributed by atoms with Gasteiger partial charge in [-0.15, -0.1) is 0 Å². The summed E-state index contributed by atoms with van der Waals surface area (Å²) in [6, 6.07) is 0. The minimum absolute atomic E-state index is 0.611. The molecule has 0 aromatic carbocycles. The molecule has 0 saturated carbocycles. The van der Waals surface area contributed by atoms with E-state index in [1.165, 1.54) is 0 Å². The number of ether oxygens (including phenoxy) is 1. The Morgan fingerprint density at radius 2 is 2.25 bits per heavy atom. The van der Waals surface area contributed by atoms with Gasteiger partial charge in [-0.05, 0) is 0 Å². The van der Waals surface area contributed by atoms with Crippen LogP contribution in [0.25, 0.3) is 0 Å². The van der Waals surface area contributed by atoms with Crippen LogP contribution in [0.1, 0.15) is 0 Å². The molecular weight excluding hydrogens is 108 g/mol. The first-order valence-electron chi connectivity index (χ1n) is 2.01. The second kappa shape index (κ2) is 3.17. The van der Waals surface area contributed by atoms with Gasteiger partial charge in [0, 0.05) is 6.08 Å². The minimum Gasteiger partial charge on any atom is -0.430 e. The molecule has 0 radical (unpaired) electrons. The summed E-state index contributed by atoms with van der Waals surface area (Å²) < 4.78 is 4.20. The molecule has 4 heteroatoms. The van der Waals surface area contributed by atoms with Crippen LogP contribution >= 0.6 is 0 Å². The summed E-state index contributed by atoms with van der Waals surface area (Å²) in [5.74, 6) is -0.611. The Hall–Kier alpha value is -0.870. The van der Waals surface area contributed by atoms with Gasteiger partial charge in [0.1, 0.15) is 0 Å². The molecule has 0 atom stereocenters. The standard InChI is InChI=1S/C4H8N2O2/c1-2-3(7)8-4(5)6/h2,4H,1,5-6H2. The van der Waals surface area contributed by atoms with Gasteiger partial charge in [0.05, 0.1) is 0 Å². The first-order chi connectivity index (χ1) is 3.66. The van der Waals surface area contributed by atoms with Crippen LogP contribution in [0, 0.1) is 0 Å². The molecular formula is C4H8N2O2. The molecule has 0 aromatic heterocycles. The average Bonchev–Trinajstić information content (AvgIpc) is 1.65. The number of nitrogens with two attached hydrogens (primary N) is 2. The third-order valence-electron chi connectivity index (χ3n) is 0.419. The van der Waals surface area contributed by atoms with Crippen LogP contribution in [0.5, 0.6) is 0 Å². The zero-order valence-electron chi connectivity index (χ0n) is 4.33. The highest BCUT2D eigenvalue weighted by atomic mass is 16.6. The molecule has 0 amide bonds. The van der Waals surface area contributed by atoms with E-state index in [0.717, 1.165) is 6.08 Å². The topological polar surface area (TPSA) is 78.3 Å². The van der Waals surface area contributed by atoms with E-state index in [9.17, 15) is 4.79 Å². The Labute approximate surface area is 47.1 Å². The number of rotatable bonds is 2. The Kier molecular flexibility index (Phi) is 2.83. The molecule has 0 saturated heterocycles. The van der Waals surface area contributed by atoms with Crippen molar-refractivity contribution in [2.45, 2.75) is 6.35 Å². The highest BCUT2D eigenvalue weighted by molar-refractivity contribution is 5.81. The van der Waals surface area contributed by atoms with E-state index >= 15 is 0 Å². The van der Waals surface area contributed by atoms with Crippen molar-refractivity contribution >= 4 is 5.97 Å². The summed E-state index contributed by atoms with van der Waals surface area (Å²) in [5.41, 5.74) is 9.71. The van der Waals surface area contributed by atoms with Gasteiger partial charge >= 0.3 is 5.97 Å². The Morgan fingerprint density at radius 1 is 1.75 bits per heavy atom. The van der Waals surface area contributed by atoms with Crippen LogP contribution in [0.15, 0.2) is 12.7 Å². The molecule has 0 heterocycles. The number of esters is 1. The molecule has 0 aliphatic carbocycles. The molecule has 0 aliphatic rings. The van der Waals surface area contributed by atoms with Gasteiger partial charge in [0.2, 0.25) is 6.35 Å². The smallest absolute Gasteiger partial charge is 0.332 e. The van der Waals surface area contributed by atoms with Gasteiger partial charge < -0.3 is 4.74 Å². The van der Waals surface area contributed by atoms with Crippen molar-refractivity contribution in [3.63, 3.8) is 0 Å². The maximum atomic E-state index is 10.1. The second-order valence-corrected chi connectivity index (χ2v) is 1.11. The first-order valence-corrected chi connectivity index (χ1v) is 2.01. The summed E-state index contributed by atoms with van der Waals surface area (Å²) in [7, 11) is 0. The zero-order valence-corrected chi connectivity index (χ0v) is 4.33. The number of hydrogen-bond donors (Lipinski definition) is 2. The van der Waals surface area contributed by atoms with Gasteiger partial charge in [-0.2, -0.15) is 0 Å². The quantitative estimate of drug-likeness (QED) is 0.273.